The zero-order valence-corrected chi connectivity index (χ0v) is 14.0. The quantitative estimate of drug-likeness (QED) is 0.806. The molecule has 2 aromatic rings. The van der Waals surface area contributed by atoms with Gasteiger partial charge in [0.25, 0.3) is 0 Å². The predicted octanol–water partition coefficient (Wildman–Crippen LogP) is 4.43. The van der Waals surface area contributed by atoms with E-state index in [-0.39, 0.29) is 11.2 Å². The van der Waals surface area contributed by atoms with Crippen LogP contribution < -0.4 is 5.32 Å². The van der Waals surface area contributed by atoms with Crippen LogP contribution in [-0.4, -0.2) is 13.1 Å². The summed E-state index contributed by atoms with van der Waals surface area (Å²) in [6.45, 7) is 1.83. The third kappa shape index (κ3) is 2.45. The van der Waals surface area contributed by atoms with Gasteiger partial charge in [0.1, 0.15) is 5.82 Å². The normalized spacial score (nSPS) is 16.8. The summed E-state index contributed by atoms with van der Waals surface area (Å²) in [6, 6.07) is 13.5. The van der Waals surface area contributed by atoms with Crippen LogP contribution in [0.5, 0.6) is 0 Å². The van der Waals surface area contributed by atoms with Crippen molar-refractivity contribution in [1.82, 2.24) is 5.32 Å². The van der Waals surface area contributed by atoms with Crippen molar-refractivity contribution in [2.24, 2.45) is 0 Å². The summed E-state index contributed by atoms with van der Waals surface area (Å²) in [5.41, 5.74) is 2.34. The van der Waals surface area contributed by atoms with Crippen molar-refractivity contribution in [2.75, 3.05) is 13.1 Å². The Balaban J connectivity index is 1.99. The maximum atomic E-state index is 13.7. The fourth-order valence-corrected chi connectivity index (χ4v) is 3.89. The minimum Gasteiger partial charge on any atom is -0.315 e. The Morgan fingerprint density at radius 1 is 1.05 bits per heavy atom. The van der Waals surface area contributed by atoms with Crippen molar-refractivity contribution >= 4 is 31.9 Å². The molecule has 0 saturated carbocycles. The molecular weight excluding hydrogens is 385 g/mol. The molecule has 3 rings (SSSR count). The van der Waals surface area contributed by atoms with E-state index in [1.54, 1.807) is 6.07 Å². The Morgan fingerprint density at radius 3 is 2.45 bits per heavy atom. The highest BCUT2D eigenvalue weighted by Gasteiger charge is 2.40. The molecule has 0 atom stereocenters. The summed E-state index contributed by atoms with van der Waals surface area (Å²) < 4.78 is 15.4. The van der Waals surface area contributed by atoms with Crippen LogP contribution >= 0.6 is 31.9 Å². The van der Waals surface area contributed by atoms with Gasteiger partial charge in [0, 0.05) is 23.0 Å². The largest absolute Gasteiger partial charge is 0.315 e. The number of hydrogen-bond donors (Lipinski definition) is 1. The molecule has 0 amide bonds. The average Bonchev–Trinajstić information content (AvgIpc) is 2.40. The van der Waals surface area contributed by atoms with Crippen LogP contribution in [0.3, 0.4) is 0 Å². The SMILES string of the molecule is Fc1cccc(CC2(c3ccccc3Br)CNC2)c1Br. The van der Waals surface area contributed by atoms with Gasteiger partial charge in [0.2, 0.25) is 0 Å². The Labute approximate surface area is 134 Å². The van der Waals surface area contributed by atoms with Crippen LogP contribution in [0.15, 0.2) is 51.4 Å². The van der Waals surface area contributed by atoms with Crippen molar-refractivity contribution in [3.63, 3.8) is 0 Å². The number of rotatable bonds is 3. The summed E-state index contributed by atoms with van der Waals surface area (Å²) in [5, 5.41) is 3.35. The summed E-state index contributed by atoms with van der Waals surface area (Å²) in [7, 11) is 0. The summed E-state index contributed by atoms with van der Waals surface area (Å²) in [6.07, 6.45) is 0.820. The van der Waals surface area contributed by atoms with Gasteiger partial charge in [0.15, 0.2) is 0 Å². The molecule has 1 heterocycles. The second-order valence-corrected chi connectivity index (χ2v) is 6.90. The Kier molecular flexibility index (Phi) is 3.98. The summed E-state index contributed by atoms with van der Waals surface area (Å²) in [5.74, 6) is -0.197. The third-order valence-electron chi connectivity index (χ3n) is 3.93. The van der Waals surface area contributed by atoms with Crippen molar-refractivity contribution < 1.29 is 4.39 Å². The Bertz CT molecular complexity index is 638. The van der Waals surface area contributed by atoms with Gasteiger partial charge in [0.05, 0.1) is 4.47 Å². The van der Waals surface area contributed by atoms with E-state index >= 15 is 0 Å². The van der Waals surface area contributed by atoms with Crippen LogP contribution in [0.4, 0.5) is 4.39 Å². The van der Waals surface area contributed by atoms with Crippen molar-refractivity contribution in [1.29, 1.82) is 0 Å². The van der Waals surface area contributed by atoms with Crippen molar-refractivity contribution in [3.8, 4) is 0 Å². The number of hydrogen-bond acceptors (Lipinski definition) is 1. The van der Waals surface area contributed by atoms with Crippen LogP contribution in [0, 0.1) is 5.82 Å². The second kappa shape index (κ2) is 5.58. The highest BCUT2D eigenvalue weighted by atomic mass is 79.9. The maximum Gasteiger partial charge on any atom is 0.137 e. The van der Waals surface area contributed by atoms with Gasteiger partial charge < -0.3 is 5.32 Å². The monoisotopic (exact) mass is 397 g/mol. The Morgan fingerprint density at radius 2 is 1.80 bits per heavy atom. The molecule has 1 N–H and O–H groups in total. The van der Waals surface area contributed by atoms with E-state index in [1.807, 2.05) is 12.1 Å². The zero-order valence-electron chi connectivity index (χ0n) is 10.8. The first-order valence-electron chi connectivity index (χ1n) is 6.51. The van der Waals surface area contributed by atoms with Gasteiger partial charge in [-0.25, -0.2) is 4.39 Å². The van der Waals surface area contributed by atoms with Gasteiger partial charge in [-0.15, -0.1) is 0 Å². The smallest absolute Gasteiger partial charge is 0.137 e. The maximum absolute atomic E-state index is 13.7. The zero-order chi connectivity index (χ0) is 14.2. The topological polar surface area (TPSA) is 12.0 Å². The van der Waals surface area contributed by atoms with Crippen LogP contribution in [-0.2, 0) is 11.8 Å². The number of benzene rings is 2. The van der Waals surface area contributed by atoms with Gasteiger partial charge >= 0.3 is 0 Å². The van der Waals surface area contributed by atoms with E-state index < -0.39 is 0 Å². The molecule has 4 heteroatoms. The van der Waals surface area contributed by atoms with Crippen molar-refractivity contribution in [3.05, 3.63) is 68.4 Å². The molecule has 2 aromatic carbocycles. The van der Waals surface area contributed by atoms with E-state index in [4.69, 9.17) is 0 Å². The van der Waals surface area contributed by atoms with E-state index in [2.05, 4.69) is 55.4 Å². The van der Waals surface area contributed by atoms with E-state index in [1.165, 1.54) is 11.6 Å². The molecule has 0 aromatic heterocycles. The molecule has 104 valence electrons. The molecule has 20 heavy (non-hydrogen) atoms. The van der Waals surface area contributed by atoms with Crippen LogP contribution in [0.2, 0.25) is 0 Å². The van der Waals surface area contributed by atoms with E-state index in [9.17, 15) is 4.39 Å². The third-order valence-corrected chi connectivity index (χ3v) is 5.51. The average molecular weight is 399 g/mol. The van der Waals surface area contributed by atoms with Crippen LogP contribution in [0.25, 0.3) is 0 Å². The molecule has 0 spiro atoms. The molecule has 0 bridgehead atoms. The highest BCUT2D eigenvalue weighted by Crippen LogP contribution is 2.38. The molecule has 1 aliphatic heterocycles. The minimum absolute atomic E-state index is 0.0381. The molecule has 1 fully saturated rings. The first kappa shape index (κ1) is 14.2. The van der Waals surface area contributed by atoms with E-state index in [0.29, 0.717) is 4.47 Å². The first-order chi connectivity index (χ1) is 9.62. The van der Waals surface area contributed by atoms with Gasteiger partial charge in [-0.2, -0.15) is 0 Å². The molecular formula is C16H14Br2FN. The standard InChI is InChI=1S/C16H14Br2FN/c17-13-6-2-1-5-12(13)16(9-20-10-16)8-11-4-3-7-14(19)15(11)18/h1-7,20H,8-10H2. The Hall–Kier alpha value is -0.710. The number of nitrogens with one attached hydrogen (secondary N) is 1. The van der Waals surface area contributed by atoms with Gasteiger partial charge in [-0.05, 0) is 45.6 Å². The molecule has 1 nitrogen and oxygen atoms in total. The van der Waals surface area contributed by atoms with Crippen molar-refractivity contribution in [2.45, 2.75) is 11.8 Å². The van der Waals surface area contributed by atoms with E-state index in [0.717, 1.165) is 29.5 Å². The lowest BCUT2D eigenvalue weighted by Crippen LogP contribution is -2.58. The highest BCUT2D eigenvalue weighted by molar-refractivity contribution is 9.10. The minimum atomic E-state index is -0.197. The molecule has 0 unspecified atom stereocenters. The second-order valence-electron chi connectivity index (χ2n) is 5.25. The fraction of sp³-hybridized carbons (Fsp3) is 0.250. The first-order valence-corrected chi connectivity index (χ1v) is 8.10. The predicted molar refractivity (Wildman–Crippen MR) is 86.5 cm³/mol. The summed E-state index contributed by atoms with van der Waals surface area (Å²) >= 11 is 7.01. The summed E-state index contributed by atoms with van der Waals surface area (Å²) in [4.78, 5) is 0. The molecule has 0 aliphatic carbocycles. The molecule has 0 radical (unpaired) electrons. The fourth-order valence-electron chi connectivity index (χ4n) is 2.78. The number of halogens is 3. The lowest BCUT2D eigenvalue weighted by atomic mass is 9.71. The lowest BCUT2D eigenvalue weighted by Gasteiger charge is -2.44. The van der Waals surface area contributed by atoms with Gasteiger partial charge in [-0.3, -0.25) is 0 Å². The molecule has 1 saturated heterocycles. The van der Waals surface area contributed by atoms with Gasteiger partial charge in [-0.1, -0.05) is 46.3 Å². The van der Waals surface area contributed by atoms with Crippen LogP contribution in [0.1, 0.15) is 11.1 Å². The lowest BCUT2D eigenvalue weighted by molar-refractivity contribution is 0.273. The molecule has 1 aliphatic rings.